The maximum Gasteiger partial charge on any atom is 0.291 e. The van der Waals surface area contributed by atoms with Crippen molar-refractivity contribution in [3.8, 4) is 0 Å². The van der Waals surface area contributed by atoms with Gasteiger partial charge in [-0.2, -0.15) is 0 Å². The number of rotatable bonds is 8. The Labute approximate surface area is 298 Å². The summed E-state index contributed by atoms with van der Waals surface area (Å²) in [6.07, 6.45) is 0. The Kier molecular flexibility index (Phi) is 19.9. The average molecular weight is 718 g/mol. The topological polar surface area (TPSA) is 140 Å². The van der Waals surface area contributed by atoms with Crippen molar-refractivity contribution < 1.29 is 37.4 Å². The number of nitrogens with zero attached hydrogens (tertiary/aromatic N) is 6. The van der Waals surface area contributed by atoms with Crippen molar-refractivity contribution >= 4 is 0 Å². The van der Waals surface area contributed by atoms with Crippen molar-refractivity contribution in [2.24, 2.45) is 0 Å². The van der Waals surface area contributed by atoms with Crippen molar-refractivity contribution in [3.63, 3.8) is 0 Å². The van der Waals surface area contributed by atoms with Gasteiger partial charge in [-0.3, -0.25) is 19.6 Å². The number of hydrogen-bond acceptors (Lipinski definition) is 8. The molecule has 1 aliphatic rings. The third-order valence-corrected chi connectivity index (χ3v) is 7.93. The van der Waals surface area contributed by atoms with Crippen LogP contribution in [0.4, 0.5) is 0 Å². The minimum Gasteiger partial charge on any atom is -0.328 e. The van der Waals surface area contributed by atoms with E-state index in [-0.39, 0.29) is 16.8 Å². The molecule has 0 saturated carbocycles. The van der Waals surface area contributed by atoms with Crippen molar-refractivity contribution in [3.05, 3.63) is 164 Å². The average Bonchev–Trinajstić information content (AvgIpc) is 3.07. The van der Waals surface area contributed by atoms with Crippen LogP contribution in [0.5, 0.6) is 0 Å². The van der Waals surface area contributed by atoms with E-state index in [0.29, 0.717) is 0 Å². The molecule has 0 bridgehead atoms. The molecule has 4 aromatic carbocycles. The first kappa shape index (κ1) is 40.8. The number of hydrogen-bond donors (Lipinski definition) is 2. The van der Waals surface area contributed by atoms with Gasteiger partial charge in [-0.1, -0.05) is 121 Å². The summed E-state index contributed by atoms with van der Waals surface area (Å²) in [5.41, 5.74) is 5.58. The van der Waals surface area contributed by atoms with Crippen LogP contribution in [0.3, 0.4) is 0 Å². The molecule has 12 nitrogen and oxygen atoms in total. The summed E-state index contributed by atoms with van der Waals surface area (Å²) in [5.74, 6) is 0. The van der Waals surface area contributed by atoms with Gasteiger partial charge in [-0.25, -0.2) is 0 Å². The zero-order valence-corrected chi connectivity index (χ0v) is 28.6. The Morgan fingerprint density at radius 2 is 0.551 bits per heavy atom. The molecule has 0 amide bonds. The summed E-state index contributed by atoms with van der Waals surface area (Å²) >= 11 is 0. The fraction of sp³-hybridized carbons (Fsp3) is 0.333. The van der Waals surface area contributed by atoms with E-state index in [9.17, 15) is 0 Å². The summed E-state index contributed by atoms with van der Waals surface area (Å²) < 4.78 is 0. The van der Waals surface area contributed by atoms with E-state index in [1.807, 2.05) is 0 Å². The molecule has 5 rings (SSSR count). The van der Waals surface area contributed by atoms with Gasteiger partial charge in [-0.05, 0) is 22.3 Å². The molecule has 1 saturated heterocycles. The van der Waals surface area contributed by atoms with Crippen LogP contribution in [-0.2, 0) is 43.0 Å². The van der Waals surface area contributed by atoms with Crippen LogP contribution < -0.4 is 0 Å². The smallest absolute Gasteiger partial charge is 0.291 e. The van der Waals surface area contributed by atoms with Gasteiger partial charge in [0.25, 0.3) is 10.2 Å². The van der Waals surface area contributed by atoms with Crippen LogP contribution >= 0.6 is 0 Å². The molecule has 265 valence electrons. The van der Waals surface area contributed by atoms with E-state index in [1.54, 1.807) is 0 Å². The molecule has 0 atom stereocenters. The van der Waals surface area contributed by atoms with Gasteiger partial charge in [0.2, 0.25) is 0 Å². The Hall–Kier alpha value is -4.37. The molecule has 0 aromatic heterocycles. The molecule has 0 spiro atoms. The van der Waals surface area contributed by atoms with E-state index in [4.69, 9.17) is 30.6 Å². The second-order valence-corrected chi connectivity index (χ2v) is 11.5. The van der Waals surface area contributed by atoms with Crippen molar-refractivity contribution in [1.82, 2.24) is 19.6 Å². The Morgan fingerprint density at radius 3 is 0.694 bits per heavy atom. The molecule has 1 aliphatic heterocycles. The number of benzene rings is 4. The summed E-state index contributed by atoms with van der Waals surface area (Å²) in [6.45, 7) is 12.5. The van der Waals surface area contributed by atoms with Crippen molar-refractivity contribution in [2.75, 3.05) is 52.4 Å². The maximum absolute atomic E-state index is 8.36. The minimum absolute atomic E-state index is 0. The van der Waals surface area contributed by atoms with Crippen LogP contribution in [0.1, 0.15) is 22.3 Å². The molecule has 1 fully saturated rings. The van der Waals surface area contributed by atoms with Gasteiger partial charge < -0.3 is 10.4 Å². The molecule has 13 heteroatoms. The summed E-state index contributed by atoms with van der Waals surface area (Å²) in [6, 6.07) is 43.9. The normalized spacial score (nSPS) is 15.0. The Balaban J connectivity index is 0.000000837. The largest absolute Gasteiger partial charge is 0.328 e. The zero-order valence-electron chi connectivity index (χ0n) is 27.6. The van der Waals surface area contributed by atoms with Crippen molar-refractivity contribution in [2.45, 2.75) is 26.2 Å². The van der Waals surface area contributed by atoms with Gasteiger partial charge in [0.15, 0.2) is 0 Å². The van der Waals surface area contributed by atoms with E-state index >= 15 is 0 Å². The van der Waals surface area contributed by atoms with E-state index in [1.165, 1.54) is 22.3 Å². The minimum atomic E-state index is -1.50. The van der Waals surface area contributed by atoms with Crippen LogP contribution in [0.25, 0.3) is 0 Å². The first-order valence-electron chi connectivity index (χ1n) is 16.0. The fourth-order valence-corrected chi connectivity index (χ4v) is 5.58. The van der Waals surface area contributed by atoms with Gasteiger partial charge in [0.1, 0.15) is 0 Å². The van der Waals surface area contributed by atoms with Crippen LogP contribution in [0.2, 0.25) is 0 Å². The van der Waals surface area contributed by atoms with Crippen LogP contribution in [0.15, 0.2) is 121 Å². The molecule has 1 radical (unpaired) electrons. The molecule has 4 aromatic rings. The summed E-state index contributed by atoms with van der Waals surface area (Å²) in [7, 11) is 0. The molecule has 0 unspecified atom stereocenters. The standard InChI is InChI=1S/C36H44N4.Co.2HNO3/c1-5-13-33(14-6-1)29-37-21-23-38(30-34-15-7-2-8-16-34)25-27-40(32-36-19-11-4-12-20-36)28-26-39(24-22-37)31-35-17-9-3-10-18-35;;2*2-1(3)4/h1-20H,21-32H2;;2*(H,2,3,4). The van der Waals surface area contributed by atoms with Crippen molar-refractivity contribution in [1.29, 1.82) is 0 Å². The monoisotopic (exact) mass is 717 g/mol. The maximum atomic E-state index is 8.36. The molecule has 2 N–H and O–H groups in total. The quantitative estimate of drug-likeness (QED) is 0.182. The Morgan fingerprint density at radius 1 is 0.408 bits per heavy atom. The van der Waals surface area contributed by atoms with Gasteiger partial charge in [-0.15, -0.1) is 20.2 Å². The molecule has 49 heavy (non-hydrogen) atoms. The third kappa shape index (κ3) is 18.7. The third-order valence-electron chi connectivity index (χ3n) is 7.93. The van der Waals surface area contributed by atoms with E-state index in [2.05, 4.69) is 141 Å². The van der Waals surface area contributed by atoms with Gasteiger partial charge in [0, 0.05) is 95.3 Å². The predicted molar refractivity (Wildman–Crippen MR) is 184 cm³/mol. The molecule has 0 aliphatic carbocycles. The molecule has 1 heterocycles. The molecular formula is C36H46CoN6O6. The van der Waals surface area contributed by atoms with Gasteiger partial charge in [0.05, 0.1) is 0 Å². The first-order valence-corrected chi connectivity index (χ1v) is 16.0. The van der Waals surface area contributed by atoms with E-state index < -0.39 is 10.2 Å². The van der Waals surface area contributed by atoms with Crippen LogP contribution in [0, 0.1) is 20.2 Å². The molecular weight excluding hydrogens is 671 g/mol. The first-order chi connectivity index (χ1) is 23.3. The predicted octanol–water partition coefficient (Wildman–Crippen LogP) is 5.31. The Bertz CT molecular complexity index is 1210. The summed E-state index contributed by atoms with van der Waals surface area (Å²) in [4.78, 5) is 27.4. The SMILES string of the molecule is O=[N+]([O-])O.O=[N+]([O-])O.[Co].c1ccc(CN2CCN(Cc3ccccc3)CCN(Cc3ccccc3)CCN(Cc3ccccc3)CC2)cc1. The second kappa shape index (κ2) is 23.9. The second-order valence-electron chi connectivity index (χ2n) is 11.5. The fourth-order valence-electron chi connectivity index (χ4n) is 5.58. The van der Waals surface area contributed by atoms with Crippen LogP contribution in [-0.4, -0.2) is 92.5 Å². The van der Waals surface area contributed by atoms with E-state index in [0.717, 1.165) is 78.5 Å². The zero-order chi connectivity index (χ0) is 34.4. The van der Waals surface area contributed by atoms with Gasteiger partial charge >= 0.3 is 0 Å². The summed E-state index contributed by atoms with van der Waals surface area (Å²) in [5, 5.41) is 27.3.